The molecule has 0 amide bonds. The zero-order valence-electron chi connectivity index (χ0n) is 11.8. The van der Waals surface area contributed by atoms with Crippen LogP contribution in [0.2, 0.25) is 0 Å². The molecule has 0 aliphatic carbocycles. The molecule has 0 aromatic heterocycles. The topological polar surface area (TPSA) is 15.3 Å². The molecule has 2 fully saturated rings. The maximum atomic E-state index is 3.50. The summed E-state index contributed by atoms with van der Waals surface area (Å²) in [4.78, 5) is 2.46. The number of hydrogen-bond acceptors (Lipinski definition) is 2. The highest BCUT2D eigenvalue weighted by Gasteiger charge is 2.53. The highest BCUT2D eigenvalue weighted by Crippen LogP contribution is 2.47. The highest BCUT2D eigenvalue weighted by atomic mass is 15.2. The second kappa shape index (κ2) is 5.86. The van der Waals surface area contributed by atoms with Crippen LogP contribution in [-0.4, -0.2) is 38.1 Å². The van der Waals surface area contributed by atoms with E-state index in [1.54, 1.807) is 0 Å². The van der Waals surface area contributed by atoms with Crippen molar-refractivity contribution in [1.29, 1.82) is 0 Å². The quantitative estimate of drug-likeness (QED) is 0.667. The van der Waals surface area contributed by atoms with E-state index in [2.05, 4.69) is 31.1 Å². The van der Waals surface area contributed by atoms with Crippen LogP contribution in [0.4, 0.5) is 0 Å². The molecule has 2 rings (SSSR count). The Bertz CT molecular complexity index is 163. The molecular weight excluding hydrogens is 184 g/mol. The first-order valence-electron chi connectivity index (χ1n) is 6.45. The van der Waals surface area contributed by atoms with Crippen LogP contribution in [0.3, 0.4) is 0 Å². The van der Waals surface area contributed by atoms with Crippen molar-refractivity contribution >= 4 is 0 Å². The molecule has 0 unspecified atom stereocenters. The first kappa shape index (κ1) is 14.9. The standard InChI is InChI=1S/C9H18N2.2C2H6/c1-8-4-10-5-9(8,2)7-11(3)6-8;2*1-2/h10H,4-7H2,1-3H3;2*1-2H3/t8-,9+;;. The summed E-state index contributed by atoms with van der Waals surface area (Å²) in [5, 5.41) is 3.50. The molecule has 0 aromatic rings. The Labute approximate surface area is 96.4 Å². The van der Waals surface area contributed by atoms with E-state index in [-0.39, 0.29) is 0 Å². The van der Waals surface area contributed by atoms with Gasteiger partial charge in [-0.1, -0.05) is 41.5 Å². The van der Waals surface area contributed by atoms with E-state index in [1.807, 2.05) is 27.7 Å². The lowest BCUT2D eigenvalue weighted by Gasteiger charge is -2.31. The number of fused-ring (bicyclic) bond motifs is 1. The average molecular weight is 214 g/mol. The van der Waals surface area contributed by atoms with Crippen LogP contribution in [0, 0.1) is 10.8 Å². The van der Waals surface area contributed by atoms with Gasteiger partial charge in [0.1, 0.15) is 0 Å². The Morgan fingerprint density at radius 2 is 1.20 bits per heavy atom. The van der Waals surface area contributed by atoms with Crippen LogP contribution in [-0.2, 0) is 0 Å². The Morgan fingerprint density at radius 1 is 0.867 bits per heavy atom. The number of likely N-dealkylation sites (tertiary alicyclic amines) is 1. The predicted octanol–water partition coefficient (Wildman–Crippen LogP) is 2.60. The Morgan fingerprint density at radius 3 is 1.53 bits per heavy atom. The SMILES string of the molecule is CC.CC.CN1C[C@]2(C)CNC[C@]2(C)C1. The molecule has 2 saturated heterocycles. The lowest BCUT2D eigenvalue weighted by Crippen LogP contribution is -2.34. The summed E-state index contributed by atoms with van der Waals surface area (Å²) in [6.45, 7) is 17.8. The van der Waals surface area contributed by atoms with Gasteiger partial charge in [0.15, 0.2) is 0 Å². The monoisotopic (exact) mass is 214 g/mol. The third-order valence-corrected chi connectivity index (χ3v) is 3.73. The lowest BCUT2D eigenvalue weighted by molar-refractivity contribution is 0.212. The molecule has 15 heavy (non-hydrogen) atoms. The summed E-state index contributed by atoms with van der Waals surface area (Å²) in [5.74, 6) is 0. The van der Waals surface area contributed by atoms with Crippen molar-refractivity contribution in [3.63, 3.8) is 0 Å². The molecule has 0 radical (unpaired) electrons. The molecule has 0 spiro atoms. The third-order valence-electron chi connectivity index (χ3n) is 3.73. The van der Waals surface area contributed by atoms with Crippen LogP contribution in [0.5, 0.6) is 0 Å². The van der Waals surface area contributed by atoms with Gasteiger partial charge in [0.25, 0.3) is 0 Å². The molecular formula is C13H30N2. The molecule has 92 valence electrons. The van der Waals surface area contributed by atoms with Crippen molar-refractivity contribution in [2.45, 2.75) is 41.5 Å². The van der Waals surface area contributed by atoms with Gasteiger partial charge in [0.05, 0.1) is 0 Å². The zero-order chi connectivity index (χ0) is 12.1. The second-order valence-electron chi connectivity index (χ2n) is 4.90. The van der Waals surface area contributed by atoms with Crippen molar-refractivity contribution in [2.75, 3.05) is 33.2 Å². The predicted molar refractivity (Wildman–Crippen MR) is 69.3 cm³/mol. The third kappa shape index (κ3) is 2.73. The van der Waals surface area contributed by atoms with E-state index in [0.29, 0.717) is 10.8 Å². The van der Waals surface area contributed by atoms with Gasteiger partial charge in [0, 0.05) is 37.0 Å². The Kier molecular flexibility index (Phi) is 5.82. The van der Waals surface area contributed by atoms with Gasteiger partial charge in [-0.2, -0.15) is 0 Å². The average Bonchev–Trinajstić information content (AvgIpc) is 2.59. The summed E-state index contributed by atoms with van der Waals surface area (Å²) in [7, 11) is 2.23. The van der Waals surface area contributed by atoms with E-state index >= 15 is 0 Å². The van der Waals surface area contributed by atoms with Crippen LogP contribution in [0.15, 0.2) is 0 Å². The Hall–Kier alpha value is -0.0800. The fourth-order valence-electron chi connectivity index (χ4n) is 2.78. The van der Waals surface area contributed by atoms with E-state index in [4.69, 9.17) is 0 Å². The molecule has 2 heteroatoms. The van der Waals surface area contributed by atoms with Crippen LogP contribution >= 0.6 is 0 Å². The Balaban J connectivity index is 0.000000442. The summed E-state index contributed by atoms with van der Waals surface area (Å²) < 4.78 is 0. The van der Waals surface area contributed by atoms with Crippen LogP contribution in [0.25, 0.3) is 0 Å². The molecule has 0 aromatic carbocycles. The van der Waals surface area contributed by atoms with Crippen molar-refractivity contribution in [3.8, 4) is 0 Å². The minimum Gasteiger partial charge on any atom is -0.316 e. The molecule has 2 aliphatic rings. The number of nitrogens with one attached hydrogen (secondary N) is 1. The molecule has 2 aliphatic heterocycles. The van der Waals surface area contributed by atoms with Crippen LogP contribution in [0.1, 0.15) is 41.5 Å². The highest BCUT2D eigenvalue weighted by molar-refractivity contribution is 5.07. The van der Waals surface area contributed by atoms with Crippen LogP contribution < -0.4 is 5.32 Å². The van der Waals surface area contributed by atoms with Gasteiger partial charge in [-0.05, 0) is 7.05 Å². The maximum Gasteiger partial charge on any atom is 0.00509 e. The maximum absolute atomic E-state index is 3.50. The van der Waals surface area contributed by atoms with Gasteiger partial charge >= 0.3 is 0 Å². The van der Waals surface area contributed by atoms with Crippen molar-refractivity contribution in [3.05, 3.63) is 0 Å². The van der Waals surface area contributed by atoms with Gasteiger partial charge in [-0.25, -0.2) is 0 Å². The van der Waals surface area contributed by atoms with E-state index < -0.39 is 0 Å². The molecule has 0 bridgehead atoms. The minimum absolute atomic E-state index is 0.530. The minimum atomic E-state index is 0.530. The van der Waals surface area contributed by atoms with Crippen molar-refractivity contribution in [1.82, 2.24) is 10.2 Å². The normalized spacial score (nSPS) is 38.6. The summed E-state index contributed by atoms with van der Waals surface area (Å²) in [6, 6.07) is 0. The molecule has 2 atom stereocenters. The lowest BCUT2D eigenvalue weighted by atomic mass is 9.71. The van der Waals surface area contributed by atoms with Gasteiger partial charge in [-0.15, -0.1) is 0 Å². The first-order valence-corrected chi connectivity index (χ1v) is 6.45. The molecule has 2 nitrogen and oxygen atoms in total. The fourth-order valence-corrected chi connectivity index (χ4v) is 2.78. The van der Waals surface area contributed by atoms with E-state index in [0.717, 1.165) is 0 Å². The van der Waals surface area contributed by atoms with Gasteiger partial charge < -0.3 is 10.2 Å². The summed E-state index contributed by atoms with van der Waals surface area (Å²) >= 11 is 0. The first-order chi connectivity index (χ1) is 7.06. The number of rotatable bonds is 0. The van der Waals surface area contributed by atoms with Gasteiger partial charge in [-0.3, -0.25) is 0 Å². The summed E-state index contributed by atoms with van der Waals surface area (Å²) in [6.07, 6.45) is 0. The molecule has 2 heterocycles. The summed E-state index contributed by atoms with van der Waals surface area (Å²) in [5.41, 5.74) is 1.06. The fraction of sp³-hybridized carbons (Fsp3) is 1.00. The molecule has 1 N–H and O–H groups in total. The van der Waals surface area contributed by atoms with E-state index in [9.17, 15) is 0 Å². The van der Waals surface area contributed by atoms with Gasteiger partial charge in [0.2, 0.25) is 0 Å². The molecule has 0 saturated carbocycles. The van der Waals surface area contributed by atoms with Crippen molar-refractivity contribution in [2.24, 2.45) is 10.8 Å². The van der Waals surface area contributed by atoms with Crippen molar-refractivity contribution < 1.29 is 0 Å². The zero-order valence-corrected chi connectivity index (χ0v) is 11.8. The van der Waals surface area contributed by atoms with E-state index in [1.165, 1.54) is 26.2 Å². The number of nitrogens with zero attached hydrogens (tertiary/aromatic N) is 1. The smallest absolute Gasteiger partial charge is 0.00509 e. The number of hydrogen-bond donors (Lipinski definition) is 1. The second-order valence-corrected chi connectivity index (χ2v) is 4.90. The largest absolute Gasteiger partial charge is 0.316 e.